The topological polar surface area (TPSA) is 71.8 Å². The Morgan fingerprint density at radius 1 is 1.50 bits per heavy atom. The van der Waals surface area contributed by atoms with E-state index in [1.807, 2.05) is 20.8 Å². The van der Waals surface area contributed by atoms with Gasteiger partial charge in [-0.1, -0.05) is 18.5 Å². The van der Waals surface area contributed by atoms with Gasteiger partial charge in [0.15, 0.2) is 5.78 Å². The summed E-state index contributed by atoms with van der Waals surface area (Å²) in [6.07, 6.45) is 4.10. The van der Waals surface area contributed by atoms with Gasteiger partial charge in [-0.15, -0.1) is 11.3 Å². The molecule has 0 fully saturated rings. The van der Waals surface area contributed by atoms with Gasteiger partial charge in [-0.25, -0.2) is 4.98 Å². The van der Waals surface area contributed by atoms with Crippen LogP contribution in [0.5, 0.6) is 0 Å². The summed E-state index contributed by atoms with van der Waals surface area (Å²) < 4.78 is 0. The van der Waals surface area contributed by atoms with E-state index >= 15 is 0 Å². The molecule has 0 saturated carbocycles. The second-order valence-electron chi connectivity index (χ2n) is 5.34. The minimum absolute atomic E-state index is 0.0115. The first-order valence-corrected chi connectivity index (χ1v) is 8.45. The first-order chi connectivity index (χ1) is 10.6. The lowest BCUT2D eigenvalue weighted by molar-refractivity contribution is -0.116. The van der Waals surface area contributed by atoms with E-state index < -0.39 is 0 Å². The summed E-state index contributed by atoms with van der Waals surface area (Å²) in [5.41, 5.74) is 0.915. The van der Waals surface area contributed by atoms with Crippen LogP contribution in [0.3, 0.4) is 0 Å². The van der Waals surface area contributed by atoms with Gasteiger partial charge in [-0.3, -0.25) is 4.79 Å². The maximum atomic E-state index is 12.5. The monoisotopic (exact) mass is 322 g/mol. The van der Waals surface area contributed by atoms with Crippen LogP contribution in [0.4, 0.5) is 0 Å². The number of carbonyl (C=O) groups excluding carboxylic acids is 1. The summed E-state index contributed by atoms with van der Waals surface area (Å²) in [6, 6.07) is 0. The van der Waals surface area contributed by atoms with Crippen LogP contribution in [0.25, 0.3) is 0 Å². The molecular weight excluding hydrogens is 300 g/mol. The van der Waals surface area contributed by atoms with E-state index in [9.17, 15) is 9.90 Å². The van der Waals surface area contributed by atoms with Crippen molar-refractivity contribution in [2.45, 2.75) is 52.4 Å². The molecule has 0 aliphatic heterocycles. The summed E-state index contributed by atoms with van der Waals surface area (Å²) in [5.74, 6) is 0.0725. The van der Waals surface area contributed by atoms with Crippen molar-refractivity contribution < 1.29 is 14.7 Å². The number of aromatic nitrogens is 1. The fourth-order valence-electron chi connectivity index (χ4n) is 2.59. The average molecular weight is 322 g/mol. The lowest BCUT2D eigenvalue weighted by atomic mass is 9.84. The molecule has 1 N–H and O–H groups in total. The minimum atomic E-state index is -0.0632. The average Bonchev–Trinajstić information content (AvgIpc) is 2.90. The molecule has 5 nitrogen and oxygen atoms in total. The molecule has 1 heterocycles. The summed E-state index contributed by atoms with van der Waals surface area (Å²) >= 11 is 1.58. The Labute approximate surface area is 134 Å². The van der Waals surface area contributed by atoms with Gasteiger partial charge in [-0.2, -0.15) is 0 Å². The van der Waals surface area contributed by atoms with E-state index in [0.29, 0.717) is 37.2 Å². The number of carbonyl (C=O) groups is 1. The van der Waals surface area contributed by atoms with Crippen molar-refractivity contribution in [2.24, 2.45) is 5.16 Å². The third kappa shape index (κ3) is 3.74. The predicted molar refractivity (Wildman–Crippen MR) is 87.5 cm³/mol. The molecule has 0 spiro atoms. The Morgan fingerprint density at radius 3 is 2.82 bits per heavy atom. The normalized spacial score (nSPS) is 19.7. The number of thiazole rings is 1. The molecule has 0 bridgehead atoms. The van der Waals surface area contributed by atoms with Crippen LogP contribution in [-0.4, -0.2) is 28.2 Å². The Kier molecular flexibility index (Phi) is 5.71. The van der Waals surface area contributed by atoms with E-state index in [4.69, 9.17) is 4.84 Å². The Morgan fingerprint density at radius 2 is 2.27 bits per heavy atom. The summed E-state index contributed by atoms with van der Waals surface area (Å²) in [4.78, 5) is 22.9. The van der Waals surface area contributed by atoms with Crippen LogP contribution in [0.2, 0.25) is 0 Å². The predicted octanol–water partition coefficient (Wildman–Crippen LogP) is 3.90. The molecule has 1 unspecified atom stereocenters. The number of oxime groups is 1. The molecule has 0 saturated heterocycles. The highest BCUT2D eigenvalue weighted by molar-refractivity contribution is 7.11. The van der Waals surface area contributed by atoms with Gasteiger partial charge in [0, 0.05) is 29.8 Å². The van der Waals surface area contributed by atoms with Crippen molar-refractivity contribution in [3.05, 3.63) is 27.4 Å². The maximum absolute atomic E-state index is 12.5. The first-order valence-electron chi connectivity index (χ1n) is 7.63. The fraction of sp³-hybridized carbons (Fsp3) is 0.562. The van der Waals surface area contributed by atoms with Crippen LogP contribution < -0.4 is 0 Å². The van der Waals surface area contributed by atoms with Crippen molar-refractivity contribution >= 4 is 22.8 Å². The third-order valence-corrected chi connectivity index (χ3v) is 4.63. The zero-order valence-corrected chi connectivity index (χ0v) is 14.1. The number of aryl methyl sites for hydroxylation is 1. The summed E-state index contributed by atoms with van der Waals surface area (Å²) in [5, 5.41) is 15.4. The zero-order chi connectivity index (χ0) is 16.1. The van der Waals surface area contributed by atoms with Gasteiger partial charge in [0.25, 0.3) is 0 Å². The highest BCUT2D eigenvalue weighted by atomic mass is 32.1. The highest BCUT2D eigenvalue weighted by Gasteiger charge is 2.32. The number of aliphatic hydroxyl groups is 1. The van der Waals surface area contributed by atoms with Gasteiger partial charge in [0.05, 0.1) is 16.3 Å². The molecule has 1 aliphatic rings. The molecule has 1 atom stereocenters. The van der Waals surface area contributed by atoms with Crippen molar-refractivity contribution in [3.8, 4) is 0 Å². The van der Waals surface area contributed by atoms with Crippen LogP contribution in [0.15, 0.2) is 22.7 Å². The molecular formula is C16H22N2O3S. The van der Waals surface area contributed by atoms with Gasteiger partial charge in [0.1, 0.15) is 12.4 Å². The van der Waals surface area contributed by atoms with E-state index in [-0.39, 0.29) is 17.5 Å². The Bertz CT molecular complexity index is 604. The molecule has 1 aromatic rings. The first kappa shape index (κ1) is 16.7. The second-order valence-corrected chi connectivity index (χ2v) is 6.60. The van der Waals surface area contributed by atoms with Crippen molar-refractivity contribution in [1.29, 1.82) is 0 Å². The number of ketones is 1. The molecule has 1 aromatic heterocycles. The van der Waals surface area contributed by atoms with Gasteiger partial charge in [-0.05, 0) is 20.3 Å². The number of allylic oxidation sites excluding steroid dienone is 2. The molecule has 120 valence electrons. The van der Waals surface area contributed by atoms with Crippen LogP contribution in [0.1, 0.15) is 55.3 Å². The molecule has 22 heavy (non-hydrogen) atoms. The van der Waals surface area contributed by atoms with Crippen LogP contribution in [0, 0.1) is 6.92 Å². The van der Waals surface area contributed by atoms with Gasteiger partial charge in [0.2, 0.25) is 0 Å². The number of Topliss-reactive ketones (excluding diaryl/α,β-unsaturated/α-hetero) is 1. The smallest absolute Gasteiger partial charge is 0.168 e. The number of nitrogens with zero attached hydrogens (tertiary/aromatic N) is 2. The number of rotatable bonds is 6. The summed E-state index contributed by atoms with van der Waals surface area (Å²) in [6.45, 7) is 6.23. The molecule has 0 radical (unpaired) electrons. The second kappa shape index (κ2) is 7.54. The Balaban J connectivity index is 2.26. The number of hydrogen-bond donors (Lipinski definition) is 1. The molecule has 6 heteroatoms. The molecule has 1 aliphatic carbocycles. The largest absolute Gasteiger partial charge is 0.511 e. The van der Waals surface area contributed by atoms with Crippen LogP contribution in [-0.2, 0) is 9.63 Å². The van der Waals surface area contributed by atoms with Gasteiger partial charge >= 0.3 is 0 Å². The lowest BCUT2D eigenvalue weighted by Gasteiger charge is -2.23. The fourth-order valence-corrected chi connectivity index (χ4v) is 3.47. The van der Waals surface area contributed by atoms with Gasteiger partial charge < -0.3 is 9.94 Å². The summed E-state index contributed by atoms with van der Waals surface area (Å²) in [7, 11) is 0. The SMILES string of the molecule is CCCC(=NOCC)C1=C(O)CC(c2cnc(C)s2)CC1=O. The standard InChI is InChI=1S/C16H22N2O3S/c1-4-6-12(18-21-5-2)16-13(19)7-11(8-14(16)20)15-9-17-10(3)22-15/h9,11,19H,4-8H2,1-3H3. The quantitative estimate of drug-likeness (QED) is 0.637. The van der Waals surface area contributed by atoms with Crippen molar-refractivity contribution in [3.63, 3.8) is 0 Å². The van der Waals surface area contributed by atoms with Crippen molar-refractivity contribution in [1.82, 2.24) is 4.98 Å². The number of hydrogen-bond acceptors (Lipinski definition) is 6. The maximum Gasteiger partial charge on any atom is 0.168 e. The van der Waals surface area contributed by atoms with Crippen LogP contribution >= 0.6 is 11.3 Å². The van der Waals surface area contributed by atoms with Crippen molar-refractivity contribution in [2.75, 3.05) is 6.61 Å². The third-order valence-electron chi connectivity index (χ3n) is 3.56. The number of aliphatic hydroxyl groups excluding tert-OH is 1. The molecule has 0 amide bonds. The van der Waals surface area contributed by atoms with E-state index in [1.165, 1.54) is 0 Å². The van der Waals surface area contributed by atoms with E-state index in [2.05, 4.69) is 10.1 Å². The molecule has 0 aromatic carbocycles. The molecule has 2 rings (SSSR count). The van der Waals surface area contributed by atoms with E-state index in [1.54, 1.807) is 17.5 Å². The minimum Gasteiger partial charge on any atom is -0.511 e. The zero-order valence-electron chi connectivity index (χ0n) is 13.3. The highest BCUT2D eigenvalue weighted by Crippen LogP contribution is 2.36. The Hall–Kier alpha value is -1.69. The van der Waals surface area contributed by atoms with E-state index in [0.717, 1.165) is 16.3 Å². The lowest BCUT2D eigenvalue weighted by Crippen LogP contribution is -2.23.